The molecule has 0 spiro atoms. The lowest BCUT2D eigenvalue weighted by Gasteiger charge is -2.34. The van der Waals surface area contributed by atoms with Crippen molar-refractivity contribution in [1.29, 1.82) is 0 Å². The Balaban J connectivity index is 2.45. The second-order valence-electron chi connectivity index (χ2n) is 5.21. The Kier molecular flexibility index (Phi) is 5.07. The van der Waals surface area contributed by atoms with Gasteiger partial charge in [0.15, 0.2) is 0 Å². The summed E-state index contributed by atoms with van der Waals surface area (Å²) in [5, 5.41) is 0. The van der Waals surface area contributed by atoms with Crippen LogP contribution in [0.5, 0.6) is 0 Å². The van der Waals surface area contributed by atoms with Gasteiger partial charge in [-0.05, 0) is 43.7 Å². The summed E-state index contributed by atoms with van der Waals surface area (Å²) in [6.07, 6.45) is 5.16. The van der Waals surface area contributed by atoms with Crippen LogP contribution < -0.4 is 5.73 Å². The third kappa shape index (κ3) is 3.18. The van der Waals surface area contributed by atoms with Crippen LogP contribution in [0.25, 0.3) is 0 Å². The summed E-state index contributed by atoms with van der Waals surface area (Å²) in [6.45, 7) is 11.5. The number of nitrogens with zero attached hydrogens (tertiary/aromatic N) is 1. The van der Waals surface area contributed by atoms with E-state index in [1.54, 1.807) is 0 Å². The number of likely N-dealkylation sites (tertiary alicyclic amines) is 1. The zero-order chi connectivity index (χ0) is 11.3. The number of rotatable bonds is 6. The summed E-state index contributed by atoms with van der Waals surface area (Å²) in [7, 11) is 0. The van der Waals surface area contributed by atoms with Gasteiger partial charge in [-0.25, -0.2) is 0 Å². The third-order valence-electron chi connectivity index (χ3n) is 4.44. The number of nitrogens with two attached hydrogens (primary N) is 1. The van der Waals surface area contributed by atoms with Crippen molar-refractivity contribution in [3.8, 4) is 0 Å². The van der Waals surface area contributed by atoms with Gasteiger partial charge in [-0.3, -0.25) is 0 Å². The summed E-state index contributed by atoms with van der Waals surface area (Å²) in [4.78, 5) is 2.63. The van der Waals surface area contributed by atoms with Gasteiger partial charge in [-0.2, -0.15) is 0 Å². The molecule has 2 N–H and O–H groups in total. The molecule has 1 fully saturated rings. The highest BCUT2D eigenvalue weighted by molar-refractivity contribution is 4.85. The molecule has 1 rings (SSSR count). The highest BCUT2D eigenvalue weighted by Gasteiger charge is 2.30. The van der Waals surface area contributed by atoms with E-state index in [2.05, 4.69) is 25.7 Å². The largest absolute Gasteiger partial charge is 0.330 e. The van der Waals surface area contributed by atoms with E-state index in [0.717, 1.165) is 12.5 Å². The molecule has 1 heterocycles. The molecular formula is C13H28N2. The molecule has 0 aliphatic carbocycles. The van der Waals surface area contributed by atoms with E-state index >= 15 is 0 Å². The van der Waals surface area contributed by atoms with Crippen LogP contribution >= 0.6 is 0 Å². The first-order valence-electron chi connectivity index (χ1n) is 6.62. The average Bonchev–Trinajstić information content (AvgIpc) is 2.73. The summed E-state index contributed by atoms with van der Waals surface area (Å²) in [6, 6.07) is 0. The van der Waals surface area contributed by atoms with Crippen LogP contribution in [0.4, 0.5) is 0 Å². The number of hydrogen-bond donors (Lipinski definition) is 1. The third-order valence-corrected chi connectivity index (χ3v) is 4.44. The fraction of sp³-hybridized carbons (Fsp3) is 1.00. The van der Waals surface area contributed by atoms with E-state index in [1.165, 1.54) is 45.3 Å². The van der Waals surface area contributed by atoms with E-state index in [-0.39, 0.29) is 0 Å². The van der Waals surface area contributed by atoms with Crippen molar-refractivity contribution >= 4 is 0 Å². The van der Waals surface area contributed by atoms with Gasteiger partial charge in [0, 0.05) is 13.1 Å². The van der Waals surface area contributed by atoms with E-state index < -0.39 is 0 Å². The van der Waals surface area contributed by atoms with E-state index in [1.807, 2.05) is 0 Å². The SMILES string of the molecule is CCC1CCN(CC(CC)(CC)CN)C1. The van der Waals surface area contributed by atoms with Crippen LogP contribution in [-0.4, -0.2) is 31.1 Å². The van der Waals surface area contributed by atoms with Gasteiger partial charge in [0.05, 0.1) is 0 Å². The molecule has 0 radical (unpaired) electrons. The summed E-state index contributed by atoms with van der Waals surface area (Å²) in [5.41, 5.74) is 6.33. The Bertz CT molecular complexity index is 167. The molecule has 1 unspecified atom stereocenters. The van der Waals surface area contributed by atoms with Crippen molar-refractivity contribution in [3.05, 3.63) is 0 Å². The molecule has 0 saturated carbocycles. The van der Waals surface area contributed by atoms with Crippen LogP contribution in [0.15, 0.2) is 0 Å². The lowest BCUT2D eigenvalue weighted by Crippen LogP contribution is -2.41. The van der Waals surface area contributed by atoms with Crippen LogP contribution in [0, 0.1) is 11.3 Å². The van der Waals surface area contributed by atoms with Crippen molar-refractivity contribution in [2.24, 2.45) is 17.1 Å². The second kappa shape index (κ2) is 5.86. The molecule has 0 aromatic rings. The molecule has 1 aliphatic rings. The number of hydrogen-bond acceptors (Lipinski definition) is 2. The smallest absolute Gasteiger partial charge is 0.00500 e. The van der Waals surface area contributed by atoms with Gasteiger partial charge in [0.1, 0.15) is 0 Å². The molecule has 90 valence electrons. The molecule has 1 aliphatic heterocycles. The summed E-state index contributed by atoms with van der Waals surface area (Å²) < 4.78 is 0. The van der Waals surface area contributed by atoms with Crippen LogP contribution in [0.3, 0.4) is 0 Å². The van der Waals surface area contributed by atoms with Crippen molar-refractivity contribution in [2.45, 2.75) is 46.5 Å². The monoisotopic (exact) mass is 212 g/mol. The van der Waals surface area contributed by atoms with Gasteiger partial charge < -0.3 is 10.6 Å². The van der Waals surface area contributed by atoms with Crippen molar-refractivity contribution in [2.75, 3.05) is 26.2 Å². The molecular weight excluding hydrogens is 184 g/mol. The highest BCUT2D eigenvalue weighted by atomic mass is 15.2. The standard InChI is InChI=1S/C13H28N2/c1-4-12-7-8-15(9-12)11-13(5-2,6-3)10-14/h12H,4-11,14H2,1-3H3. The van der Waals surface area contributed by atoms with Gasteiger partial charge in [-0.15, -0.1) is 0 Å². The first-order valence-corrected chi connectivity index (χ1v) is 6.62. The fourth-order valence-electron chi connectivity index (χ4n) is 2.69. The van der Waals surface area contributed by atoms with Crippen molar-refractivity contribution in [3.63, 3.8) is 0 Å². The molecule has 1 saturated heterocycles. The molecule has 2 nitrogen and oxygen atoms in total. The van der Waals surface area contributed by atoms with E-state index in [9.17, 15) is 0 Å². The predicted octanol–water partition coefficient (Wildman–Crippen LogP) is 2.48. The van der Waals surface area contributed by atoms with E-state index in [4.69, 9.17) is 5.73 Å². The maximum atomic E-state index is 5.95. The van der Waals surface area contributed by atoms with Crippen molar-refractivity contribution in [1.82, 2.24) is 4.90 Å². The molecule has 2 heteroatoms. The highest BCUT2D eigenvalue weighted by Crippen LogP contribution is 2.29. The predicted molar refractivity (Wildman–Crippen MR) is 66.9 cm³/mol. The second-order valence-corrected chi connectivity index (χ2v) is 5.21. The molecule has 0 bridgehead atoms. The Labute approximate surface area is 95.2 Å². The Hall–Kier alpha value is -0.0800. The van der Waals surface area contributed by atoms with Crippen LogP contribution in [0.2, 0.25) is 0 Å². The summed E-state index contributed by atoms with van der Waals surface area (Å²) in [5.74, 6) is 0.939. The van der Waals surface area contributed by atoms with E-state index in [0.29, 0.717) is 5.41 Å². The minimum absolute atomic E-state index is 0.378. The zero-order valence-corrected chi connectivity index (χ0v) is 10.8. The topological polar surface area (TPSA) is 29.3 Å². The fourth-order valence-corrected chi connectivity index (χ4v) is 2.69. The lowest BCUT2D eigenvalue weighted by atomic mass is 9.82. The summed E-state index contributed by atoms with van der Waals surface area (Å²) >= 11 is 0. The van der Waals surface area contributed by atoms with Crippen molar-refractivity contribution < 1.29 is 0 Å². The average molecular weight is 212 g/mol. The van der Waals surface area contributed by atoms with Gasteiger partial charge in [-0.1, -0.05) is 27.2 Å². The molecule has 0 aromatic carbocycles. The lowest BCUT2D eigenvalue weighted by molar-refractivity contribution is 0.162. The maximum Gasteiger partial charge on any atom is 0.00500 e. The minimum Gasteiger partial charge on any atom is -0.330 e. The van der Waals surface area contributed by atoms with Crippen LogP contribution in [-0.2, 0) is 0 Å². The first kappa shape index (κ1) is 13.0. The Morgan fingerprint density at radius 2 is 1.93 bits per heavy atom. The first-order chi connectivity index (χ1) is 7.19. The molecule has 0 aromatic heterocycles. The maximum absolute atomic E-state index is 5.95. The molecule has 1 atom stereocenters. The minimum atomic E-state index is 0.378. The van der Waals surface area contributed by atoms with Gasteiger partial charge >= 0.3 is 0 Å². The Morgan fingerprint density at radius 3 is 2.33 bits per heavy atom. The van der Waals surface area contributed by atoms with Gasteiger partial charge in [0.2, 0.25) is 0 Å². The quantitative estimate of drug-likeness (QED) is 0.733. The molecule has 15 heavy (non-hydrogen) atoms. The van der Waals surface area contributed by atoms with Crippen LogP contribution in [0.1, 0.15) is 46.5 Å². The normalized spacial score (nSPS) is 23.6. The zero-order valence-electron chi connectivity index (χ0n) is 10.8. The molecule has 0 amide bonds. The van der Waals surface area contributed by atoms with Gasteiger partial charge in [0.25, 0.3) is 0 Å². The Morgan fingerprint density at radius 1 is 1.27 bits per heavy atom.